The molecular weight excluding hydrogens is 400 g/mol. The number of rotatable bonds is 6. The van der Waals surface area contributed by atoms with Gasteiger partial charge in [-0.1, -0.05) is 26.7 Å². The molecule has 2 heterocycles. The zero-order chi connectivity index (χ0) is 22.1. The van der Waals surface area contributed by atoms with E-state index < -0.39 is 10.0 Å². The maximum absolute atomic E-state index is 13.2. The van der Waals surface area contributed by atoms with E-state index in [1.807, 2.05) is 24.8 Å². The van der Waals surface area contributed by atoms with Crippen LogP contribution in [0.2, 0.25) is 0 Å². The first-order valence-electron chi connectivity index (χ1n) is 11.0. The largest absolute Gasteiger partial charge is 0.449 e. The summed E-state index contributed by atoms with van der Waals surface area (Å²) in [7, 11) is -3.76. The van der Waals surface area contributed by atoms with Crippen LogP contribution in [0, 0.1) is 26.7 Å². The molecule has 1 aliphatic heterocycles. The predicted octanol–water partition coefficient (Wildman–Crippen LogP) is 4.70. The van der Waals surface area contributed by atoms with Crippen LogP contribution in [0.1, 0.15) is 73.2 Å². The molecule has 3 rings (SSSR count). The molecule has 1 amide bonds. The lowest BCUT2D eigenvalue weighted by Crippen LogP contribution is -2.31. The molecule has 0 bridgehead atoms. The Balaban J connectivity index is 2.07. The molecule has 1 N–H and O–H groups in total. The van der Waals surface area contributed by atoms with Gasteiger partial charge in [0.1, 0.15) is 4.90 Å². The summed E-state index contributed by atoms with van der Waals surface area (Å²) >= 11 is 0. The molecular formula is C23H34N2O4S. The zero-order valence-corrected chi connectivity index (χ0v) is 19.6. The van der Waals surface area contributed by atoms with E-state index in [9.17, 15) is 13.2 Å². The van der Waals surface area contributed by atoms with E-state index in [-0.39, 0.29) is 22.1 Å². The Kier molecular flexibility index (Phi) is 6.92. The Morgan fingerprint density at radius 2 is 1.73 bits per heavy atom. The van der Waals surface area contributed by atoms with Gasteiger partial charge in [0, 0.05) is 30.6 Å². The normalized spacial score (nSPS) is 15.7. The van der Waals surface area contributed by atoms with Gasteiger partial charge in [0.05, 0.1) is 0 Å². The standard InChI is InChI=1S/C23H34N2O4S/c1-15(2)10-11-24-30(27,28)22-17(4)16(3)14-19-18(5)20(29-21(19)22)23(26)25-12-8-6-7-9-13-25/h14-15,24H,6-13H2,1-5H3. The first kappa shape index (κ1) is 22.8. The number of likely N-dealkylation sites (tertiary alicyclic amines) is 1. The summed E-state index contributed by atoms with van der Waals surface area (Å²) in [5.74, 6) is 0.516. The summed E-state index contributed by atoms with van der Waals surface area (Å²) in [5.41, 5.74) is 2.51. The number of sulfonamides is 1. The fourth-order valence-electron chi connectivity index (χ4n) is 4.04. The molecule has 0 unspecified atom stereocenters. The monoisotopic (exact) mass is 434 g/mol. The number of nitrogens with zero attached hydrogens (tertiary/aromatic N) is 1. The van der Waals surface area contributed by atoms with Gasteiger partial charge in [-0.2, -0.15) is 0 Å². The number of benzene rings is 1. The average molecular weight is 435 g/mol. The van der Waals surface area contributed by atoms with Gasteiger partial charge in [-0.3, -0.25) is 4.79 Å². The molecule has 1 aromatic heterocycles. The number of hydrogen-bond donors (Lipinski definition) is 1. The highest BCUT2D eigenvalue weighted by Gasteiger charge is 2.29. The van der Waals surface area contributed by atoms with Crippen molar-refractivity contribution in [2.45, 2.75) is 71.6 Å². The number of amides is 1. The second kappa shape index (κ2) is 9.10. The van der Waals surface area contributed by atoms with Gasteiger partial charge in [0.25, 0.3) is 5.91 Å². The van der Waals surface area contributed by atoms with Gasteiger partial charge < -0.3 is 9.32 Å². The maximum Gasteiger partial charge on any atom is 0.289 e. The summed E-state index contributed by atoms with van der Waals surface area (Å²) in [6.45, 7) is 11.4. The van der Waals surface area contributed by atoms with Crippen molar-refractivity contribution in [2.24, 2.45) is 5.92 Å². The molecule has 2 aromatic rings. The van der Waals surface area contributed by atoms with Crippen molar-refractivity contribution in [3.8, 4) is 0 Å². The highest BCUT2D eigenvalue weighted by molar-refractivity contribution is 7.89. The van der Waals surface area contributed by atoms with Crippen molar-refractivity contribution in [3.05, 3.63) is 28.5 Å². The summed E-state index contributed by atoms with van der Waals surface area (Å²) < 4.78 is 35.1. The van der Waals surface area contributed by atoms with E-state index in [1.165, 1.54) is 0 Å². The fourth-order valence-corrected chi connectivity index (χ4v) is 5.53. The van der Waals surface area contributed by atoms with Crippen molar-refractivity contribution < 1.29 is 17.6 Å². The van der Waals surface area contributed by atoms with Crippen LogP contribution in [0.15, 0.2) is 15.4 Å². The Labute approximate surface area is 180 Å². The van der Waals surface area contributed by atoms with Crippen LogP contribution in [0.25, 0.3) is 11.0 Å². The summed E-state index contributed by atoms with van der Waals surface area (Å²) in [6, 6.07) is 1.93. The molecule has 7 heteroatoms. The van der Waals surface area contributed by atoms with E-state index in [4.69, 9.17) is 4.42 Å². The van der Waals surface area contributed by atoms with E-state index >= 15 is 0 Å². The smallest absolute Gasteiger partial charge is 0.289 e. The van der Waals surface area contributed by atoms with Crippen LogP contribution in [-0.2, 0) is 10.0 Å². The van der Waals surface area contributed by atoms with Gasteiger partial charge in [-0.05, 0) is 63.1 Å². The lowest BCUT2D eigenvalue weighted by molar-refractivity contribution is 0.0731. The Hall–Kier alpha value is -1.86. The molecule has 0 spiro atoms. The maximum atomic E-state index is 13.2. The molecule has 1 aliphatic rings. The molecule has 0 aliphatic carbocycles. The highest BCUT2D eigenvalue weighted by atomic mass is 32.2. The summed E-state index contributed by atoms with van der Waals surface area (Å²) in [4.78, 5) is 15.2. The molecule has 0 atom stereocenters. The quantitative estimate of drug-likeness (QED) is 0.715. The first-order chi connectivity index (χ1) is 14.1. The van der Waals surface area contributed by atoms with Gasteiger partial charge >= 0.3 is 0 Å². The van der Waals surface area contributed by atoms with Crippen LogP contribution >= 0.6 is 0 Å². The molecule has 1 fully saturated rings. The molecule has 1 saturated heterocycles. The molecule has 6 nitrogen and oxygen atoms in total. The van der Waals surface area contributed by atoms with Gasteiger partial charge in [0.15, 0.2) is 11.3 Å². The van der Waals surface area contributed by atoms with Crippen LogP contribution in [0.4, 0.5) is 0 Å². The highest BCUT2D eigenvalue weighted by Crippen LogP contribution is 2.35. The van der Waals surface area contributed by atoms with Crippen LogP contribution in [0.5, 0.6) is 0 Å². The molecule has 0 saturated carbocycles. The van der Waals surface area contributed by atoms with Crippen molar-refractivity contribution >= 4 is 26.9 Å². The van der Waals surface area contributed by atoms with Crippen LogP contribution in [0.3, 0.4) is 0 Å². The minimum absolute atomic E-state index is 0.142. The SMILES string of the molecule is Cc1cc2c(C)c(C(=O)N3CCCCCC3)oc2c(S(=O)(=O)NCCC(C)C)c1C. The van der Waals surface area contributed by atoms with Gasteiger partial charge in [0.2, 0.25) is 10.0 Å². The Bertz CT molecular complexity index is 1030. The lowest BCUT2D eigenvalue weighted by atomic mass is 10.0. The summed E-state index contributed by atoms with van der Waals surface area (Å²) in [6.07, 6.45) is 4.99. The summed E-state index contributed by atoms with van der Waals surface area (Å²) in [5, 5.41) is 0.695. The molecule has 166 valence electrons. The third-order valence-electron chi connectivity index (χ3n) is 6.06. The number of hydrogen-bond acceptors (Lipinski definition) is 4. The number of furan rings is 1. The number of nitrogens with one attached hydrogen (secondary N) is 1. The number of fused-ring (bicyclic) bond motifs is 1. The molecule has 30 heavy (non-hydrogen) atoms. The molecule has 0 radical (unpaired) electrons. The third-order valence-corrected chi connectivity index (χ3v) is 7.68. The van der Waals surface area contributed by atoms with Crippen LogP contribution < -0.4 is 4.72 Å². The number of carbonyl (C=O) groups is 1. The zero-order valence-electron chi connectivity index (χ0n) is 18.8. The Morgan fingerprint density at radius 1 is 1.10 bits per heavy atom. The van der Waals surface area contributed by atoms with Crippen molar-refractivity contribution in [1.82, 2.24) is 9.62 Å². The first-order valence-corrected chi connectivity index (χ1v) is 12.4. The van der Waals surface area contributed by atoms with Crippen molar-refractivity contribution in [3.63, 3.8) is 0 Å². The van der Waals surface area contributed by atoms with E-state index in [0.717, 1.165) is 50.8 Å². The van der Waals surface area contributed by atoms with Gasteiger partial charge in [-0.15, -0.1) is 0 Å². The fraction of sp³-hybridized carbons (Fsp3) is 0.609. The second-order valence-corrected chi connectivity index (χ2v) is 10.6. The van der Waals surface area contributed by atoms with E-state index in [1.54, 1.807) is 6.92 Å². The lowest BCUT2D eigenvalue weighted by Gasteiger charge is -2.19. The minimum atomic E-state index is -3.76. The van der Waals surface area contributed by atoms with Crippen LogP contribution in [-0.4, -0.2) is 38.9 Å². The average Bonchev–Trinajstić information content (AvgIpc) is 2.86. The second-order valence-electron chi connectivity index (χ2n) is 8.87. The predicted molar refractivity (Wildman–Crippen MR) is 119 cm³/mol. The Morgan fingerprint density at radius 3 is 2.33 bits per heavy atom. The van der Waals surface area contributed by atoms with Crippen molar-refractivity contribution in [2.75, 3.05) is 19.6 Å². The van der Waals surface area contributed by atoms with Crippen molar-refractivity contribution in [1.29, 1.82) is 0 Å². The van der Waals surface area contributed by atoms with E-state index in [0.29, 0.717) is 29.0 Å². The number of aryl methyl sites for hydroxylation is 2. The topological polar surface area (TPSA) is 79.6 Å². The third kappa shape index (κ3) is 4.57. The minimum Gasteiger partial charge on any atom is -0.449 e. The van der Waals surface area contributed by atoms with E-state index in [2.05, 4.69) is 18.6 Å². The van der Waals surface area contributed by atoms with Gasteiger partial charge in [-0.25, -0.2) is 13.1 Å². The number of carbonyl (C=O) groups excluding carboxylic acids is 1. The molecule has 1 aromatic carbocycles.